The van der Waals surface area contributed by atoms with Crippen molar-refractivity contribution in [1.29, 1.82) is 0 Å². The lowest BCUT2D eigenvalue weighted by atomic mass is 10.1. The van der Waals surface area contributed by atoms with E-state index >= 15 is 0 Å². The van der Waals surface area contributed by atoms with Crippen LogP contribution in [0.3, 0.4) is 0 Å². The molecule has 1 heterocycles. The maximum Gasteiger partial charge on any atom is 0.103 e. The number of nitrogens with two attached hydrogens (primary N) is 1. The quantitative estimate of drug-likeness (QED) is 0.871. The zero-order chi connectivity index (χ0) is 17.5. The molecular formula is C21H30N2O. The lowest BCUT2D eigenvalue weighted by molar-refractivity contribution is -0.134. The summed E-state index contributed by atoms with van der Waals surface area (Å²) in [5.41, 5.74) is 8.28. The number of hydrogen-bond donors (Lipinski definition) is 1. The number of rotatable bonds is 4. The Hall–Kier alpha value is -1.84. The van der Waals surface area contributed by atoms with Gasteiger partial charge in [0.1, 0.15) is 6.10 Å². The van der Waals surface area contributed by atoms with E-state index in [0.29, 0.717) is 12.5 Å². The average Bonchev–Trinajstić information content (AvgIpc) is 2.97. The van der Waals surface area contributed by atoms with Crippen molar-refractivity contribution in [2.24, 2.45) is 11.7 Å². The van der Waals surface area contributed by atoms with Crippen molar-refractivity contribution < 1.29 is 4.84 Å². The van der Waals surface area contributed by atoms with Crippen molar-refractivity contribution >= 4 is 10.8 Å². The monoisotopic (exact) mass is 326 g/mol. The van der Waals surface area contributed by atoms with Gasteiger partial charge in [0.15, 0.2) is 0 Å². The first-order chi connectivity index (χ1) is 11.7. The van der Waals surface area contributed by atoms with Gasteiger partial charge in [-0.25, -0.2) is 0 Å². The first-order valence-corrected chi connectivity index (χ1v) is 8.98. The smallest absolute Gasteiger partial charge is 0.103 e. The third-order valence-corrected chi connectivity index (χ3v) is 3.96. The van der Waals surface area contributed by atoms with Crippen LogP contribution in [0.1, 0.15) is 39.7 Å². The standard InChI is InChI=1S/C19H24N2O.C2H6/c1-14(2)9-18-11-19(12-20)22-21(18)13-15-7-8-16-5-3-4-6-17(16)10-15;1-2/h3-10,14,19H,11-13,20H2,1-2H3;1-2H3/b18-9+;. The molecule has 2 N–H and O–H groups in total. The molecule has 1 saturated heterocycles. The molecule has 1 atom stereocenters. The molecule has 130 valence electrons. The zero-order valence-corrected chi connectivity index (χ0v) is 15.3. The summed E-state index contributed by atoms with van der Waals surface area (Å²) in [7, 11) is 0. The van der Waals surface area contributed by atoms with E-state index in [0.717, 1.165) is 13.0 Å². The summed E-state index contributed by atoms with van der Waals surface area (Å²) in [6.07, 6.45) is 3.28. The van der Waals surface area contributed by atoms with Gasteiger partial charge in [0, 0.05) is 18.7 Å². The molecule has 2 aromatic rings. The van der Waals surface area contributed by atoms with Crippen LogP contribution in [-0.2, 0) is 11.4 Å². The van der Waals surface area contributed by atoms with E-state index in [4.69, 9.17) is 10.6 Å². The van der Waals surface area contributed by atoms with Crippen LogP contribution >= 0.6 is 0 Å². The fourth-order valence-electron chi connectivity index (χ4n) is 2.92. The van der Waals surface area contributed by atoms with Gasteiger partial charge in [-0.05, 0) is 28.3 Å². The van der Waals surface area contributed by atoms with E-state index < -0.39 is 0 Å². The predicted molar refractivity (Wildman–Crippen MR) is 102 cm³/mol. The Morgan fingerprint density at radius 2 is 1.88 bits per heavy atom. The summed E-state index contributed by atoms with van der Waals surface area (Å²) in [5.74, 6) is 0.509. The number of hydrogen-bond acceptors (Lipinski definition) is 3. The van der Waals surface area contributed by atoms with Crippen molar-refractivity contribution in [2.75, 3.05) is 6.54 Å². The molecule has 0 amide bonds. The van der Waals surface area contributed by atoms with E-state index in [1.807, 2.05) is 18.9 Å². The van der Waals surface area contributed by atoms with Crippen molar-refractivity contribution in [3.8, 4) is 0 Å². The first kappa shape index (κ1) is 18.5. The topological polar surface area (TPSA) is 38.5 Å². The molecule has 0 radical (unpaired) electrons. The number of nitrogens with zero attached hydrogens (tertiary/aromatic N) is 1. The summed E-state index contributed by atoms with van der Waals surface area (Å²) in [6, 6.07) is 15.0. The normalized spacial score (nSPS) is 19.0. The third kappa shape index (κ3) is 4.59. The van der Waals surface area contributed by atoms with Crippen molar-refractivity contribution in [3.63, 3.8) is 0 Å². The minimum Gasteiger partial charge on any atom is -0.328 e. The van der Waals surface area contributed by atoms with Crippen LogP contribution < -0.4 is 5.73 Å². The minimum atomic E-state index is 0.102. The van der Waals surface area contributed by atoms with E-state index in [1.54, 1.807) is 0 Å². The Labute approximate surface area is 146 Å². The van der Waals surface area contributed by atoms with Gasteiger partial charge in [-0.1, -0.05) is 70.2 Å². The van der Waals surface area contributed by atoms with Gasteiger partial charge in [0.05, 0.1) is 6.54 Å². The average molecular weight is 326 g/mol. The molecule has 0 aromatic heterocycles. The molecule has 2 aromatic carbocycles. The highest BCUT2D eigenvalue weighted by atomic mass is 16.7. The Kier molecular flexibility index (Phi) is 6.83. The SMILES string of the molecule is CC.CC(C)/C=C1\CC(CN)ON1Cc1ccc2ccccc2c1. The summed E-state index contributed by atoms with van der Waals surface area (Å²) < 4.78 is 0. The fraction of sp³-hybridized carbons (Fsp3) is 0.429. The molecule has 1 aliphatic heterocycles. The molecule has 3 rings (SSSR count). The van der Waals surface area contributed by atoms with Crippen molar-refractivity contribution in [1.82, 2.24) is 5.06 Å². The minimum absolute atomic E-state index is 0.102. The summed E-state index contributed by atoms with van der Waals surface area (Å²) in [5, 5.41) is 4.55. The van der Waals surface area contributed by atoms with Gasteiger partial charge in [-0.15, -0.1) is 0 Å². The van der Waals surface area contributed by atoms with Gasteiger partial charge >= 0.3 is 0 Å². The van der Waals surface area contributed by atoms with Gasteiger partial charge < -0.3 is 5.73 Å². The largest absolute Gasteiger partial charge is 0.328 e. The van der Waals surface area contributed by atoms with Crippen LogP contribution in [0.25, 0.3) is 10.8 Å². The van der Waals surface area contributed by atoms with Crippen LogP contribution in [0.15, 0.2) is 54.2 Å². The lowest BCUT2D eigenvalue weighted by Crippen LogP contribution is -2.23. The Bertz CT molecular complexity index is 678. The number of hydroxylamine groups is 2. The molecule has 3 heteroatoms. The van der Waals surface area contributed by atoms with E-state index in [1.165, 1.54) is 22.0 Å². The molecule has 1 aliphatic rings. The van der Waals surface area contributed by atoms with Gasteiger partial charge in [0.2, 0.25) is 0 Å². The van der Waals surface area contributed by atoms with Crippen LogP contribution in [-0.4, -0.2) is 17.7 Å². The van der Waals surface area contributed by atoms with Gasteiger partial charge in [-0.3, -0.25) is 9.90 Å². The molecule has 0 saturated carbocycles. The second kappa shape index (κ2) is 8.86. The van der Waals surface area contributed by atoms with Crippen LogP contribution in [0.5, 0.6) is 0 Å². The van der Waals surface area contributed by atoms with Crippen molar-refractivity contribution in [3.05, 3.63) is 59.8 Å². The predicted octanol–water partition coefficient (Wildman–Crippen LogP) is 4.87. The van der Waals surface area contributed by atoms with Gasteiger partial charge in [0.25, 0.3) is 0 Å². The molecule has 0 aliphatic carbocycles. The van der Waals surface area contributed by atoms with Crippen molar-refractivity contribution in [2.45, 2.75) is 46.8 Å². The molecule has 24 heavy (non-hydrogen) atoms. The number of benzene rings is 2. The highest BCUT2D eigenvalue weighted by Gasteiger charge is 2.27. The first-order valence-electron chi connectivity index (χ1n) is 8.98. The number of fused-ring (bicyclic) bond motifs is 1. The summed E-state index contributed by atoms with van der Waals surface area (Å²) in [4.78, 5) is 5.98. The zero-order valence-electron chi connectivity index (χ0n) is 15.3. The maximum atomic E-state index is 5.98. The lowest BCUT2D eigenvalue weighted by Gasteiger charge is -2.20. The van der Waals surface area contributed by atoms with Gasteiger partial charge in [-0.2, -0.15) is 0 Å². The number of allylic oxidation sites excluding steroid dienone is 1. The highest BCUT2D eigenvalue weighted by Crippen LogP contribution is 2.28. The molecule has 0 spiro atoms. The fourth-order valence-corrected chi connectivity index (χ4v) is 2.92. The highest BCUT2D eigenvalue weighted by molar-refractivity contribution is 5.82. The van der Waals surface area contributed by atoms with Crippen LogP contribution in [0.2, 0.25) is 0 Å². The van der Waals surface area contributed by atoms with Crippen LogP contribution in [0, 0.1) is 5.92 Å². The van der Waals surface area contributed by atoms with Crippen LogP contribution in [0.4, 0.5) is 0 Å². The Morgan fingerprint density at radius 3 is 2.54 bits per heavy atom. The summed E-state index contributed by atoms with van der Waals surface area (Å²) in [6.45, 7) is 9.71. The van der Waals surface area contributed by atoms with E-state index in [2.05, 4.69) is 62.4 Å². The molecule has 0 bridgehead atoms. The van der Waals surface area contributed by atoms with E-state index in [9.17, 15) is 0 Å². The molecule has 1 unspecified atom stereocenters. The molecular weight excluding hydrogens is 296 g/mol. The third-order valence-electron chi connectivity index (χ3n) is 3.96. The maximum absolute atomic E-state index is 5.98. The second-order valence-electron chi connectivity index (χ2n) is 6.29. The molecule has 1 fully saturated rings. The van der Waals surface area contributed by atoms with E-state index in [-0.39, 0.29) is 6.10 Å². The second-order valence-corrected chi connectivity index (χ2v) is 6.29. The molecule has 3 nitrogen and oxygen atoms in total. The Morgan fingerprint density at radius 1 is 1.17 bits per heavy atom. The summed E-state index contributed by atoms with van der Waals surface area (Å²) >= 11 is 0. The Balaban J connectivity index is 0.00000100.